The van der Waals surface area contributed by atoms with E-state index in [1.807, 2.05) is 35.2 Å². The maximum Gasteiger partial charge on any atom is 0.284 e. The van der Waals surface area contributed by atoms with E-state index in [4.69, 9.17) is 0 Å². The minimum atomic E-state index is -0.169. The number of amides is 2. The number of carbonyl (C=O) groups is 2. The van der Waals surface area contributed by atoms with E-state index in [1.165, 1.54) is 11.3 Å². The molecule has 0 bridgehead atoms. The average molecular weight is 357 g/mol. The molecule has 0 spiro atoms. The second-order valence-corrected chi connectivity index (χ2v) is 7.77. The highest BCUT2D eigenvalue weighted by molar-refractivity contribution is 7.13. The fraction of sp³-hybridized carbons (Fsp3) is 0.421. The normalized spacial score (nSPS) is 14.1. The van der Waals surface area contributed by atoms with Crippen molar-refractivity contribution in [2.75, 3.05) is 18.4 Å². The van der Waals surface area contributed by atoms with Gasteiger partial charge in [-0.3, -0.25) is 9.59 Å². The predicted octanol–water partition coefficient (Wildman–Crippen LogP) is 3.37. The third kappa shape index (κ3) is 4.45. The maximum atomic E-state index is 12.4. The SMILES string of the molecule is CC(C)CC(=O)N1CCc2nc(C(=O)Nc3ccccc3)sc2CC1. The van der Waals surface area contributed by atoms with Crippen LogP contribution in [0.15, 0.2) is 30.3 Å². The highest BCUT2D eigenvalue weighted by Gasteiger charge is 2.23. The first-order valence-corrected chi connectivity index (χ1v) is 9.47. The van der Waals surface area contributed by atoms with Crippen molar-refractivity contribution in [2.24, 2.45) is 5.92 Å². The Balaban J connectivity index is 1.64. The Hall–Kier alpha value is -2.21. The quantitative estimate of drug-likeness (QED) is 0.912. The molecule has 1 N–H and O–H groups in total. The summed E-state index contributed by atoms with van der Waals surface area (Å²) < 4.78 is 0. The highest BCUT2D eigenvalue weighted by Crippen LogP contribution is 2.24. The van der Waals surface area contributed by atoms with Crippen LogP contribution in [-0.4, -0.2) is 34.8 Å². The van der Waals surface area contributed by atoms with Crippen molar-refractivity contribution in [3.8, 4) is 0 Å². The second kappa shape index (κ2) is 7.78. The lowest BCUT2D eigenvalue weighted by Gasteiger charge is -2.21. The van der Waals surface area contributed by atoms with Crippen LogP contribution in [0.2, 0.25) is 0 Å². The lowest BCUT2D eigenvalue weighted by Crippen LogP contribution is -2.34. The van der Waals surface area contributed by atoms with E-state index in [0.29, 0.717) is 36.9 Å². The molecular formula is C19H23N3O2S. The monoisotopic (exact) mass is 357 g/mol. The van der Waals surface area contributed by atoms with Gasteiger partial charge in [0.05, 0.1) is 5.69 Å². The third-order valence-corrected chi connectivity index (χ3v) is 5.32. The molecule has 25 heavy (non-hydrogen) atoms. The molecule has 5 nitrogen and oxygen atoms in total. The second-order valence-electron chi connectivity index (χ2n) is 6.69. The van der Waals surface area contributed by atoms with Crippen LogP contribution in [0, 0.1) is 5.92 Å². The van der Waals surface area contributed by atoms with Gasteiger partial charge in [-0.05, 0) is 18.1 Å². The standard InChI is InChI=1S/C19H23N3O2S/c1-13(2)12-17(23)22-10-8-15-16(9-11-22)25-19(21-15)18(24)20-14-6-4-3-5-7-14/h3-7,13H,8-12H2,1-2H3,(H,20,24). The molecule has 1 aliphatic heterocycles. The Morgan fingerprint density at radius 2 is 1.92 bits per heavy atom. The number of nitrogens with zero attached hydrogens (tertiary/aromatic N) is 2. The van der Waals surface area contributed by atoms with Crippen LogP contribution in [0.3, 0.4) is 0 Å². The van der Waals surface area contributed by atoms with E-state index in [2.05, 4.69) is 24.1 Å². The summed E-state index contributed by atoms with van der Waals surface area (Å²) in [5.41, 5.74) is 1.73. The van der Waals surface area contributed by atoms with Gasteiger partial charge in [0, 0.05) is 42.9 Å². The number of benzene rings is 1. The van der Waals surface area contributed by atoms with Gasteiger partial charge >= 0.3 is 0 Å². The molecular weight excluding hydrogens is 334 g/mol. The van der Waals surface area contributed by atoms with Crippen molar-refractivity contribution in [2.45, 2.75) is 33.1 Å². The molecule has 2 heterocycles. The number of hydrogen-bond donors (Lipinski definition) is 1. The topological polar surface area (TPSA) is 62.3 Å². The molecule has 0 radical (unpaired) electrons. The first-order chi connectivity index (χ1) is 12.0. The van der Waals surface area contributed by atoms with Crippen LogP contribution < -0.4 is 5.32 Å². The molecule has 0 atom stereocenters. The fourth-order valence-electron chi connectivity index (χ4n) is 2.89. The minimum Gasteiger partial charge on any atom is -0.342 e. The number of para-hydroxylation sites is 1. The van der Waals surface area contributed by atoms with Gasteiger partial charge in [0.15, 0.2) is 5.01 Å². The Morgan fingerprint density at radius 3 is 2.64 bits per heavy atom. The Kier molecular flexibility index (Phi) is 5.48. The largest absolute Gasteiger partial charge is 0.342 e. The average Bonchev–Trinajstić information content (AvgIpc) is 2.88. The summed E-state index contributed by atoms with van der Waals surface area (Å²) in [6, 6.07) is 9.39. The smallest absolute Gasteiger partial charge is 0.284 e. The van der Waals surface area contributed by atoms with E-state index in [1.54, 1.807) is 0 Å². The van der Waals surface area contributed by atoms with Crippen molar-refractivity contribution in [3.63, 3.8) is 0 Å². The van der Waals surface area contributed by atoms with Crippen LogP contribution in [0.1, 0.15) is 40.6 Å². The van der Waals surface area contributed by atoms with Crippen LogP contribution in [0.4, 0.5) is 5.69 Å². The van der Waals surface area contributed by atoms with Gasteiger partial charge < -0.3 is 10.2 Å². The Bertz CT molecular complexity index is 730. The van der Waals surface area contributed by atoms with Gasteiger partial charge in [-0.1, -0.05) is 32.0 Å². The number of anilines is 1. The van der Waals surface area contributed by atoms with Gasteiger partial charge in [0.2, 0.25) is 5.91 Å². The zero-order valence-electron chi connectivity index (χ0n) is 14.6. The molecule has 0 fully saturated rings. The third-order valence-electron chi connectivity index (χ3n) is 4.17. The highest BCUT2D eigenvalue weighted by atomic mass is 32.1. The molecule has 132 valence electrons. The number of carbonyl (C=O) groups excluding carboxylic acids is 2. The van der Waals surface area contributed by atoms with Crippen LogP contribution >= 0.6 is 11.3 Å². The summed E-state index contributed by atoms with van der Waals surface area (Å²) in [7, 11) is 0. The number of fused-ring (bicyclic) bond motifs is 1. The summed E-state index contributed by atoms with van der Waals surface area (Å²) >= 11 is 1.44. The summed E-state index contributed by atoms with van der Waals surface area (Å²) in [4.78, 5) is 32.2. The van der Waals surface area contributed by atoms with Gasteiger partial charge in [0.25, 0.3) is 5.91 Å². The van der Waals surface area contributed by atoms with Crippen molar-refractivity contribution in [1.29, 1.82) is 0 Å². The summed E-state index contributed by atoms with van der Waals surface area (Å²) in [5, 5.41) is 3.37. The maximum absolute atomic E-state index is 12.4. The zero-order chi connectivity index (χ0) is 17.8. The first kappa shape index (κ1) is 17.6. The van der Waals surface area contributed by atoms with Crippen molar-refractivity contribution in [1.82, 2.24) is 9.88 Å². The van der Waals surface area contributed by atoms with Crippen LogP contribution in [-0.2, 0) is 17.6 Å². The number of rotatable bonds is 4. The zero-order valence-corrected chi connectivity index (χ0v) is 15.4. The predicted molar refractivity (Wildman–Crippen MR) is 100.0 cm³/mol. The molecule has 1 aromatic heterocycles. The molecule has 0 aliphatic carbocycles. The molecule has 2 aromatic rings. The molecule has 1 aliphatic rings. The summed E-state index contributed by atoms with van der Waals surface area (Å²) in [6.45, 7) is 5.51. The number of aromatic nitrogens is 1. The number of thiazole rings is 1. The van der Waals surface area contributed by atoms with E-state index in [0.717, 1.165) is 22.7 Å². The van der Waals surface area contributed by atoms with Gasteiger partial charge in [-0.15, -0.1) is 11.3 Å². The molecule has 0 unspecified atom stereocenters. The number of nitrogens with one attached hydrogen (secondary N) is 1. The van der Waals surface area contributed by atoms with Gasteiger partial charge in [0.1, 0.15) is 0 Å². The molecule has 0 saturated carbocycles. The number of hydrogen-bond acceptors (Lipinski definition) is 4. The van der Waals surface area contributed by atoms with E-state index < -0.39 is 0 Å². The van der Waals surface area contributed by atoms with Crippen LogP contribution in [0.5, 0.6) is 0 Å². The molecule has 2 amide bonds. The van der Waals surface area contributed by atoms with E-state index >= 15 is 0 Å². The molecule has 6 heteroatoms. The fourth-order valence-corrected chi connectivity index (χ4v) is 3.89. The Morgan fingerprint density at radius 1 is 1.20 bits per heavy atom. The van der Waals surface area contributed by atoms with Crippen LogP contribution in [0.25, 0.3) is 0 Å². The molecule has 0 saturated heterocycles. The summed E-state index contributed by atoms with van der Waals surface area (Å²) in [6.07, 6.45) is 2.08. The molecule has 3 rings (SSSR count). The summed E-state index contributed by atoms with van der Waals surface area (Å²) in [5.74, 6) is 0.417. The van der Waals surface area contributed by atoms with Gasteiger partial charge in [-0.2, -0.15) is 0 Å². The lowest BCUT2D eigenvalue weighted by atomic mass is 10.1. The Labute approximate surface area is 152 Å². The van der Waals surface area contributed by atoms with Crippen molar-refractivity contribution < 1.29 is 9.59 Å². The van der Waals surface area contributed by atoms with Gasteiger partial charge in [-0.25, -0.2) is 4.98 Å². The lowest BCUT2D eigenvalue weighted by molar-refractivity contribution is -0.131. The van der Waals surface area contributed by atoms with E-state index in [-0.39, 0.29) is 11.8 Å². The molecule has 1 aromatic carbocycles. The minimum absolute atomic E-state index is 0.169. The van der Waals surface area contributed by atoms with E-state index in [9.17, 15) is 9.59 Å². The first-order valence-electron chi connectivity index (χ1n) is 8.65. The van der Waals surface area contributed by atoms with Crippen molar-refractivity contribution in [3.05, 3.63) is 45.9 Å². The van der Waals surface area contributed by atoms with Crippen molar-refractivity contribution >= 4 is 28.8 Å².